The molecule has 0 heterocycles. The molecule has 2 N–H and O–H groups in total. The largest absolute Gasteiger partial charge is 2.00 e. The van der Waals surface area contributed by atoms with Crippen molar-refractivity contribution in [1.29, 1.82) is 0 Å². The van der Waals surface area contributed by atoms with Crippen molar-refractivity contribution in [3.8, 4) is 23.0 Å². The zero-order valence-corrected chi connectivity index (χ0v) is 18.2. The third-order valence-electron chi connectivity index (χ3n) is 4.07. The van der Waals surface area contributed by atoms with Crippen molar-refractivity contribution in [1.82, 2.24) is 0 Å². The van der Waals surface area contributed by atoms with Gasteiger partial charge in [-0.15, -0.1) is 0 Å². The van der Waals surface area contributed by atoms with Crippen LogP contribution in [0.1, 0.15) is 11.1 Å². The molecule has 0 saturated heterocycles. The smallest absolute Gasteiger partial charge is 1.00 e. The van der Waals surface area contributed by atoms with E-state index >= 15 is 0 Å². The Bertz CT molecular complexity index is 959. The van der Waals surface area contributed by atoms with Gasteiger partial charge in [0.25, 0.3) is 0 Å². The van der Waals surface area contributed by atoms with Crippen LogP contribution < -0.4 is 21.9 Å². The number of nitrogens with zero attached hydrogens (tertiary/aromatic N) is 2. The Balaban J connectivity index is 0.00000225. The monoisotopic (exact) mass is 466 g/mol. The molecule has 6 nitrogen and oxygen atoms in total. The van der Waals surface area contributed by atoms with Crippen LogP contribution >= 0.6 is 0 Å². The molecule has 8 heteroatoms. The molecular weight excluding hydrogens is 447 g/mol. The Morgan fingerprint density at radius 2 is 1.07 bits per heavy atom. The van der Waals surface area contributed by atoms with Crippen molar-refractivity contribution >= 4 is 23.8 Å². The van der Waals surface area contributed by atoms with E-state index in [0.717, 1.165) is 0 Å². The Hall–Kier alpha value is -2.99. The van der Waals surface area contributed by atoms with Crippen molar-refractivity contribution in [2.75, 3.05) is 14.2 Å². The molecule has 0 saturated carbocycles. The van der Waals surface area contributed by atoms with Crippen LogP contribution in [0.3, 0.4) is 0 Å². The number of rotatable bonds is 6. The summed E-state index contributed by atoms with van der Waals surface area (Å²) in [7, 11) is 2.99. The first kappa shape index (κ1) is 25.0. The van der Waals surface area contributed by atoms with Gasteiger partial charge in [0.1, 0.15) is 0 Å². The van der Waals surface area contributed by atoms with Crippen LogP contribution in [0.5, 0.6) is 23.0 Å². The summed E-state index contributed by atoms with van der Waals surface area (Å²) in [5.41, 5.74) is 2.29. The predicted molar refractivity (Wildman–Crippen MR) is 110 cm³/mol. The number of methoxy groups -OCH3 is 2. The third-order valence-corrected chi connectivity index (χ3v) is 4.07. The van der Waals surface area contributed by atoms with E-state index in [0.29, 0.717) is 34.0 Å². The quantitative estimate of drug-likeness (QED) is 0.427. The Morgan fingerprint density at radius 1 is 0.667 bits per heavy atom. The fourth-order valence-electron chi connectivity index (χ4n) is 2.58. The molecule has 0 unspecified atom stereocenters. The molecule has 3 rings (SSSR count). The molecule has 0 fully saturated rings. The maximum atomic E-state index is 10.2. The molecule has 0 atom stereocenters. The molecule has 0 aliphatic carbocycles. The summed E-state index contributed by atoms with van der Waals surface area (Å²) in [6.45, 7) is 0. The van der Waals surface area contributed by atoms with E-state index in [1.54, 1.807) is 48.8 Å². The van der Waals surface area contributed by atoms with Gasteiger partial charge in [0, 0.05) is 23.6 Å². The van der Waals surface area contributed by atoms with Crippen LogP contribution in [0.4, 0.5) is 11.4 Å². The van der Waals surface area contributed by atoms with Crippen LogP contribution in [0.25, 0.3) is 0 Å². The molecule has 1 radical (unpaired) electrons. The van der Waals surface area contributed by atoms with Gasteiger partial charge in [-0.05, 0) is 36.4 Å². The Kier molecular flexibility index (Phi) is 9.92. The Morgan fingerprint density at radius 3 is 1.43 bits per heavy atom. The summed E-state index contributed by atoms with van der Waals surface area (Å²) in [5.74, 6) is 0.805. The van der Waals surface area contributed by atoms with Crippen molar-refractivity contribution in [3.63, 3.8) is 0 Å². The molecule has 0 amide bonds. The Labute approximate surface area is 191 Å². The van der Waals surface area contributed by atoms with Gasteiger partial charge in [0.15, 0.2) is 23.0 Å². The molecular formula is C22H20ClMnN2O4+. The first-order valence-electron chi connectivity index (χ1n) is 8.53. The average molecular weight is 467 g/mol. The average Bonchev–Trinajstić information content (AvgIpc) is 2.73. The number of phenols is 2. The van der Waals surface area contributed by atoms with Crippen LogP contribution in [-0.2, 0) is 17.1 Å². The predicted octanol–water partition coefficient (Wildman–Crippen LogP) is 1.62. The van der Waals surface area contributed by atoms with Crippen LogP contribution in [0, 0.1) is 0 Å². The second-order valence-electron chi connectivity index (χ2n) is 5.80. The molecule has 0 aromatic heterocycles. The topological polar surface area (TPSA) is 83.6 Å². The van der Waals surface area contributed by atoms with Gasteiger partial charge in [-0.2, -0.15) is 0 Å². The summed E-state index contributed by atoms with van der Waals surface area (Å²) >= 11 is 0. The molecule has 0 spiro atoms. The van der Waals surface area contributed by atoms with Gasteiger partial charge in [0.2, 0.25) is 0 Å². The van der Waals surface area contributed by atoms with E-state index in [9.17, 15) is 10.2 Å². The van der Waals surface area contributed by atoms with Gasteiger partial charge in [-0.25, -0.2) is 0 Å². The standard InChI is InChI=1S/C22H20N2O4.ClH.Mn/c1-27-19-11-5-7-15(21(19)25)13-23-17-9-3-4-10-18(17)24-14-16-8-6-12-20(28-2)22(16)26;;/h3-14,25-26H,1-2H3;1H;/q;;+2/p-1. The first-order chi connectivity index (χ1) is 13.6. The summed E-state index contributed by atoms with van der Waals surface area (Å²) in [6.07, 6.45) is 3.10. The number of ether oxygens (including phenoxy) is 2. The summed E-state index contributed by atoms with van der Waals surface area (Å²) in [6, 6.07) is 17.7. The minimum atomic E-state index is 0. The molecule has 3 aromatic rings. The van der Waals surface area contributed by atoms with Gasteiger partial charge < -0.3 is 32.1 Å². The number of hydrogen-bond acceptors (Lipinski definition) is 6. The van der Waals surface area contributed by atoms with E-state index in [1.807, 2.05) is 24.3 Å². The number of aliphatic imine (C=N–C) groups is 2. The number of aromatic hydroxyl groups is 2. The van der Waals surface area contributed by atoms with E-state index in [-0.39, 0.29) is 41.0 Å². The van der Waals surface area contributed by atoms with Crippen molar-refractivity contribution < 1.29 is 49.2 Å². The van der Waals surface area contributed by atoms with Crippen LogP contribution in [-0.4, -0.2) is 36.9 Å². The van der Waals surface area contributed by atoms with E-state index in [1.165, 1.54) is 14.2 Å². The zero-order chi connectivity index (χ0) is 19.9. The SMILES string of the molecule is COc1cccc(C=Nc2ccccc2N=Cc2cccc(OC)c2O)c1O.[Cl-].[Mn+2]. The zero-order valence-electron chi connectivity index (χ0n) is 16.3. The normalized spacial score (nSPS) is 10.5. The fraction of sp³-hybridized carbons (Fsp3) is 0.0909. The third kappa shape index (κ3) is 5.76. The van der Waals surface area contributed by atoms with Crippen molar-refractivity contribution in [3.05, 3.63) is 71.8 Å². The summed E-state index contributed by atoms with van der Waals surface area (Å²) in [5, 5.41) is 20.4. The van der Waals surface area contributed by atoms with Crippen molar-refractivity contribution in [2.24, 2.45) is 9.98 Å². The number of halogens is 1. The number of benzene rings is 3. The van der Waals surface area contributed by atoms with E-state index < -0.39 is 0 Å². The molecule has 0 aliphatic heterocycles. The van der Waals surface area contributed by atoms with E-state index in [4.69, 9.17) is 9.47 Å². The first-order valence-corrected chi connectivity index (χ1v) is 8.53. The van der Waals surface area contributed by atoms with Gasteiger partial charge in [-0.3, -0.25) is 9.98 Å². The molecule has 3 aromatic carbocycles. The molecule has 155 valence electrons. The molecule has 0 aliphatic rings. The maximum absolute atomic E-state index is 10.2. The minimum Gasteiger partial charge on any atom is -1.00 e. The minimum absolute atomic E-state index is 0. The van der Waals surface area contributed by atoms with Gasteiger partial charge >= 0.3 is 17.1 Å². The summed E-state index contributed by atoms with van der Waals surface area (Å²) < 4.78 is 10.2. The van der Waals surface area contributed by atoms with Crippen molar-refractivity contribution in [2.45, 2.75) is 0 Å². The molecule has 0 bridgehead atoms. The van der Waals surface area contributed by atoms with Crippen LogP contribution in [0.15, 0.2) is 70.6 Å². The van der Waals surface area contributed by atoms with Gasteiger partial charge in [-0.1, -0.05) is 24.3 Å². The second kappa shape index (κ2) is 11.9. The molecule has 30 heavy (non-hydrogen) atoms. The second-order valence-corrected chi connectivity index (χ2v) is 5.80. The number of para-hydroxylation sites is 4. The summed E-state index contributed by atoms with van der Waals surface area (Å²) in [4.78, 5) is 8.88. The van der Waals surface area contributed by atoms with Gasteiger partial charge in [0.05, 0.1) is 25.6 Å². The van der Waals surface area contributed by atoms with E-state index in [2.05, 4.69) is 9.98 Å². The maximum Gasteiger partial charge on any atom is 2.00 e. The number of phenolic OH excluding ortho intramolecular Hbond substituents is 2. The number of hydrogen-bond donors (Lipinski definition) is 2. The van der Waals surface area contributed by atoms with Crippen LogP contribution in [0.2, 0.25) is 0 Å². The fourth-order valence-corrected chi connectivity index (χ4v) is 2.58.